The van der Waals surface area contributed by atoms with E-state index in [-0.39, 0.29) is 18.0 Å². The smallest absolute Gasteiger partial charge is 0.126 e. The summed E-state index contributed by atoms with van der Waals surface area (Å²) in [5.41, 5.74) is 3.65. The first-order chi connectivity index (χ1) is 14.5. The van der Waals surface area contributed by atoms with Crippen molar-refractivity contribution in [1.82, 2.24) is 5.32 Å². The third kappa shape index (κ3) is 4.62. The van der Waals surface area contributed by atoms with Gasteiger partial charge in [-0.25, -0.2) is 0 Å². The van der Waals surface area contributed by atoms with E-state index in [4.69, 9.17) is 32.9 Å². The molecule has 2 atom stereocenters. The summed E-state index contributed by atoms with van der Waals surface area (Å²) in [6.45, 7) is 2.58. The zero-order chi connectivity index (χ0) is 21.1. The van der Waals surface area contributed by atoms with Crippen LogP contribution in [0, 0.1) is 0 Å². The van der Waals surface area contributed by atoms with Gasteiger partial charge in [0.15, 0.2) is 0 Å². The zero-order valence-corrected chi connectivity index (χ0v) is 18.0. The quantitative estimate of drug-likeness (QED) is 0.487. The normalized spacial score (nSPS) is 18.7. The fraction of sp³-hybridized carbons (Fsp3) is 0.208. The fourth-order valence-corrected chi connectivity index (χ4v) is 4.02. The van der Waals surface area contributed by atoms with Gasteiger partial charge in [-0.05, 0) is 72.6 Å². The van der Waals surface area contributed by atoms with E-state index in [9.17, 15) is 5.11 Å². The molecule has 0 fully saturated rings. The Hall–Kier alpha value is -2.53. The van der Waals surface area contributed by atoms with E-state index < -0.39 is 0 Å². The lowest BCUT2D eigenvalue weighted by molar-refractivity contribution is 0.340. The van der Waals surface area contributed by atoms with Gasteiger partial charge in [-0.2, -0.15) is 0 Å². The van der Waals surface area contributed by atoms with Crippen LogP contribution >= 0.6 is 23.2 Å². The number of benzene rings is 3. The Labute approximate surface area is 186 Å². The SMILES string of the molecule is CCOc1ccc(C2=N[C@@H](c3cccc(Cl)c3)N[C@H](c3cc(Cl)ccc3O)C2)cc1. The summed E-state index contributed by atoms with van der Waals surface area (Å²) in [4.78, 5) is 4.96. The molecule has 4 rings (SSSR count). The second-order valence-corrected chi connectivity index (χ2v) is 7.99. The van der Waals surface area contributed by atoms with E-state index in [0.29, 0.717) is 23.1 Å². The molecule has 3 aromatic rings. The van der Waals surface area contributed by atoms with Gasteiger partial charge in [0.05, 0.1) is 6.61 Å². The lowest BCUT2D eigenvalue weighted by Crippen LogP contribution is -2.33. The van der Waals surface area contributed by atoms with Crippen LogP contribution in [0.1, 0.15) is 42.2 Å². The molecule has 0 bridgehead atoms. The Balaban J connectivity index is 1.73. The molecule has 1 aliphatic rings. The first kappa shape index (κ1) is 20.7. The monoisotopic (exact) mass is 440 g/mol. The van der Waals surface area contributed by atoms with Crippen LogP contribution in [0.3, 0.4) is 0 Å². The van der Waals surface area contributed by atoms with Gasteiger partial charge in [0, 0.05) is 33.8 Å². The van der Waals surface area contributed by atoms with Crippen molar-refractivity contribution < 1.29 is 9.84 Å². The maximum absolute atomic E-state index is 10.5. The standard InChI is InChI=1S/C24H22Cl2N2O2/c1-2-30-19-9-6-15(7-10-19)21-14-22(20-13-18(26)8-11-23(20)29)28-24(27-21)16-4-3-5-17(25)12-16/h3-13,22,24,28-29H,2,14H2,1H3/t22-,24+/m0/s1. The van der Waals surface area contributed by atoms with Gasteiger partial charge in [-0.15, -0.1) is 0 Å². The summed E-state index contributed by atoms with van der Waals surface area (Å²) < 4.78 is 5.56. The van der Waals surface area contributed by atoms with Crippen molar-refractivity contribution >= 4 is 28.9 Å². The van der Waals surface area contributed by atoms with Gasteiger partial charge in [-0.3, -0.25) is 10.3 Å². The molecule has 3 aromatic carbocycles. The maximum Gasteiger partial charge on any atom is 0.126 e. The number of phenolic OH excluding ortho intramolecular Hbond substituents is 1. The Morgan fingerprint density at radius 3 is 2.53 bits per heavy atom. The van der Waals surface area contributed by atoms with Gasteiger partial charge >= 0.3 is 0 Å². The minimum Gasteiger partial charge on any atom is -0.508 e. The van der Waals surface area contributed by atoms with Gasteiger partial charge in [-0.1, -0.05) is 35.3 Å². The van der Waals surface area contributed by atoms with E-state index >= 15 is 0 Å². The molecule has 6 heteroatoms. The first-order valence-corrected chi connectivity index (χ1v) is 10.6. The third-order valence-electron chi connectivity index (χ3n) is 5.07. The number of ether oxygens (including phenoxy) is 1. The number of nitrogens with zero attached hydrogens (tertiary/aromatic N) is 1. The van der Waals surface area contributed by atoms with Gasteiger partial charge in [0.2, 0.25) is 0 Å². The Kier molecular flexibility index (Phi) is 6.28. The van der Waals surface area contributed by atoms with Crippen molar-refractivity contribution in [3.05, 3.63) is 93.5 Å². The molecule has 2 N–H and O–H groups in total. The predicted molar refractivity (Wildman–Crippen MR) is 122 cm³/mol. The molecule has 0 saturated carbocycles. The minimum absolute atomic E-state index is 0.160. The van der Waals surface area contributed by atoms with Crippen molar-refractivity contribution in [1.29, 1.82) is 0 Å². The molecular formula is C24H22Cl2N2O2. The van der Waals surface area contributed by atoms with Crippen LogP contribution in [0.2, 0.25) is 10.0 Å². The van der Waals surface area contributed by atoms with Crippen molar-refractivity contribution in [2.24, 2.45) is 4.99 Å². The van der Waals surface area contributed by atoms with Crippen LogP contribution in [0.25, 0.3) is 0 Å². The van der Waals surface area contributed by atoms with Crippen molar-refractivity contribution in [3.63, 3.8) is 0 Å². The van der Waals surface area contributed by atoms with Crippen LogP contribution in [-0.2, 0) is 0 Å². The maximum atomic E-state index is 10.5. The lowest BCUT2D eigenvalue weighted by atomic mass is 9.93. The molecule has 30 heavy (non-hydrogen) atoms. The summed E-state index contributed by atoms with van der Waals surface area (Å²) >= 11 is 12.4. The average Bonchev–Trinajstić information content (AvgIpc) is 2.76. The van der Waals surface area contributed by atoms with Crippen LogP contribution < -0.4 is 10.1 Å². The zero-order valence-electron chi connectivity index (χ0n) is 16.5. The van der Waals surface area contributed by atoms with Crippen LogP contribution in [-0.4, -0.2) is 17.4 Å². The number of phenols is 1. The highest BCUT2D eigenvalue weighted by atomic mass is 35.5. The molecule has 0 aromatic heterocycles. The van der Waals surface area contributed by atoms with E-state index in [1.165, 1.54) is 0 Å². The van der Waals surface area contributed by atoms with Crippen LogP contribution in [0.15, 0.2) is 71.7 Å². The molecule has 0 aliphatic carbocycles. The van der Waals surface area contributed by atoms with Gasteiger partial charge < -0.3 is 9.84 Å². The molecule has 1 aliphatic heterocycles. The van der Waals surface area contributed by atoms with Gasteiger partial charge in [0.1, 0.15) is 17.7 Å². The van der Waals surface area contributed by atoms with E-state index in [1.54, 1.807) is 18.2 Å². The summed E-state index contributed by atoms with van der Waals surface area (Å²) in [5, 5.41) is 15.2. The molecule has 0 amide bonds. The Morgan fingerprint density at radius 2 is 1.80 bits per heavy atom. The average molecular weight is 441 g/mol. The summed E-state index contributed by atoms with van der Waals surface area (Å²) in [6.07, 6.45) is 0.307. The number of aromatic hydroxyl groups is 1. The second-order valence-electron chi connectivity index (χ2n) is 7.12. The van der Waals surface area contributed by atoms with E-state index in [1.807, 2.05) is 55.5 Å². The van der Waals surface area contributed by atoms with E-state index in [2.05, 4.69) is 5.32 Å². The predicted octanol–water partition coefficient (Wildman–Crippen LogP) is 6.32. The molecule has 0 unspecified atom stereocenters. The highest BCUT2D eigenvalue weighted by molar-refractivity contribution is 6.31. The lowest BCUT2D eigenvalue weighted by Gasteiger charge is -2.31. The molecule has 0 saturated heterocycles. The summed E-state index contributed by atoms with van der Waals surface area (Å²) in [7, 11) is 0. The molecule has 0 spiro atoms. The molecular weight excluding hydrogens is 419 g/mol. The van der Waals surface area contributed by atoms with Crippen molar-refractivity contribution in [2.45, 2.75) is 25.6 Å². The van der Waals surface area contributed by atoms with Crippen LogP contribution in [0.4, 0.5) is 0 Å². The van der Waals surface area contributed by atoms with Crippen molar-refractivity contribution in [3.8, 4) is 11.5 Å². The Bertz CT molecular complexity index is 1070. The second kappa shape index (κ2) is 9.09. The summed E-state index contributed by atoms with van der Waals surface area (Å²) in [5.74, 6) is 1.03. The molecule has 0 radical (unpaired) electrons. The third-order valence-corrected chi connectivity index (χ3v) is 5.54. The number of halogens is 2. The number of hydrogen-bond acceptors (Lipinski definition) is 4. The fourth-order valence-electron chi connectivity index (χ4n) is 3.64. The Morgan fingerprint density at radius 1 is 1.03 bits per heavy atom. The minimum atomic E-state index is -0.303. The molecule has 4 nitrogen and oxygen atoms in total. The first-order valence-electron chi connectivity index (χ1n) is 9.83. The number of hydrogen-bond donors (Lipinski definition) is 2. The topological polar surface area (TPSA) is 53.8 Å². The van der Waals surface area contributed by atoms with Gasteiger partial charge in [0.25, 0.3) is 0 Å². The van der Waals surface area contributed by atoms with Crippen LogP contribution in [0.5, 0.6) is 11.5 Å². The number of rotatable bonds is 5. The highest BCUT2D eigenvalue weighted by Gasteiger charge is 2.28. The molecule has 154 valence electrons. The highest BCUT2D eigenvalue weighted by Crippen LogP contribution is 2.36. The van der Waals surface area contributed by atoms with Crippen molar-refractivity contribution in [2.75, 3.05) is 6.61 Å². The largest absolute Gasteiger partial charge is 0.508 e. The van der Waals surface area contributed by atoms with E-state index in [0.717, 1.165) is 28.2 Å². The number of nitrogens with one attached hydrogen (secondary N) is 1. The number of aliphatic imine (C=N–C) groups is 1. The summed E-state index contributed by atoms with van der Waals surface area (Å²) in [6, 6.07) is 20.5. The molecule has 1 heterocycles.